The summed E-state index contributed by atoms with van der Waals surface area (Å²) in [5.41, 5.74) is 2.60. The molecule has 0 unspecified atom stereocenters. The van der Waals surface area contributed by atoms with Crippen LogP contribution in [0.15, 0.2) is 24.3 Å². The van der Waals surface area contributed by atoms with E-state index in [9.17, 15) is 0 Å². The summed E-state index contributed by atoms with van der Waals surface area (Å²) >= 11 is 0. The fraction of sp³-hybridized carbons (Fsp3) is 0.500. The molecule has 0 aliphatic carbocycles. The molecule has 0 aliphatic heterocycles. The van der Waals surface area contributed by atoms with Gasteiger partial charge in [-0.05, 0) is 38.1 Å². The van der Waals surface area contributed by atoms with E-state index in [0.717, 1.165) is 26.2 Å². The Morgan fingerprint density at radius 3 is 2.79 bits per heavy atom. The smallest absolute Gasteiger partial charge is 0.0719 e. The summed E-state index contributed by atoms with van der Waals surface area (Å²) in [6.45, 7) is 4.70. The van der Waals surface area contributed by atoms with E-state index in [0.29, 0.717) is 0 Å². The Balaban J connectivity index is 2.21. The van der Waals surface area contributed by atoms with Crippen molar-refractivity contribution in [2.45, 2.75) is 20.0 Å². The molecular formula is C12H19NO. The van der Waals surface area contributed by atoms with Gasteiger partial charge in [-0.1, -0.05) is 24.3 Å². The van der Waals surface area contributed by atoms with Crippen LogP contribution >= 0.6 is 0 Å². The SMILES string of the molecule is CNCCCOCc1ccccc1C. The molecule has 1 aromatic rings. The zero-order chi connectivity index (χ0) is 10.2. The van der Waals surface area contributed by atoms with Gasteiger partial charge >= 0.3 is 0 Å². The highest BCUT2D eigenvalue weighted by Gasteiger charge is 1.96. The zero-order valence-electron chi connectivity index (χ0n) is 9.05. The zero-order valence-corrected chi connectivity index (χ0v) is 9.05. The van der Waals surface area contributed by atoms with E-state index in [4.69, 9.17) is 4.74 Å². The van der Waals surface area contributed by atoms with Crippen LogP contribution in [0.25, 0.3) is 0 Å². The molecule has 0 radical (unpaired) electrons. The van der Waals surface area contributed by atoms with Crippen molar-refractivity contribution in [2.75, 3.05) is 20.2 Å². The minimum atomic E-state index is 0.733. The maximum atomic E-state index is 5.56. The molecule has 0 heterocycles. The molecule has 1 aromatic carbocycles. The van der Waals surface area contributed by atoms with Crippen LogP contribution in [0, 0.1) is 6.92 Å². The third-order valence-electron chi connectivity index (χ3n) is 2.23. The number of rotatable bonds is 6. The first kappa shape index (κ1) is 11.2. The largest absolute Gasteiger partial charge is 0.377 e. The monoisotopic (exact) mass is 193 g/mol. The molecule has 1 rings (SSSR count). The van der Waals surface area contributed by atoms with E-state index in [1.165, 1.54) is 11.1 Å². The van der Waals surface area contributed by atoms with Crippen LogP contribution in [-0.4, -0.2) is 20.2 Å². The summed E-state index contributed by atoms with van der Waals surface area (Å²) in [6, 6.07) is 8.35. The second-order valence-corrected chi connectivity index (χ2v) is 3.44. The lowest BCUT2D eigenvalue weighted by Crippen LogP contribution is -2.10. The first-order valence-electron chi connectivity index (χ1n) is 5.11. The molecular weight excluding hydrogens is 174 g/mol. The van der Waals surface area contributed by atoms with Gasteiger partial charge in [-0.3, -0.25) is 0 Å². The molecule has 0 saturated carbocycles. The van der Waals surface area contributed by atoms with Crippen LogP contribution in [-0.2, 0) is 11.3 Å². The molecule has 0 atom stereocenters. The van der Waals surface area contributed by atoms with Gasteiger partial charge < -0.3 is 10.1 Å². The van der Waals surface area contributed by atoms with Crippen LogP contribution < -0.4 is 5.32 Å². The van der Waals surface area contributed by atoms with Gasteiger partial charge in [-0.2, -0.15) is 0 Å². The quantitative estimate of drug-likeness (QED) is 0.699. The highest BCUT2D eigenvalue weighted by Crippen LogP contribution is 2.07. The van der Waals surface area contributed by atoms with Crippen LogP contribution in [0.3, 0.4) is 0 Å². The van der Waals surface area contributed by atoms with Gasteiger partial charge in [0.05, 0.1) is 6.61 Å². The molecule has 0 fully saturated rings. The minimum absolute atomic E-state index is 0.733. The van der Waals surface area contributed by atoms with Crippen molar-refractivity contribution < 1.29 is 4.74 Å². The van der Waals surface area contributed by atoms with Gasteiger partial charge in [0.25, 0.3) is 0 Å². The predicted octanol–water partition coefficient (Wildman–Crippen LogP) is 2.12. The second kappa shape index (κ2) is 6.57. The van der Waals surface area contributed by atoms with Crippen molar-refractivity contribution in [1.29, 1.82) is 0 Å². The summed E-state index contributed by atoms with van der Waals surface area (Å²) < 4.78 is 5.56. The standard InChI is InChI=1S/C12H19NO/c1-11-6-3-4-7-12(11)10-14-9-5-8-13-2/h3-4,6-7,13H,5,8-10H2,1-2H3. The van der Waals surface area contributed by atoms with Crippen LogP contribution in [0.4, 0.5) is 0 Å². The lowest BCUT2D eigenvalue weighted by atomic mass is 10.1. The van der Waals surface area contributed by atoms with E-state index in [1.807, 2.05) is 7.05 Å². The average molecular weight is 193 g/mol. The lowest BCUT2D eigenvalue weighted by Gasteiger charge is -2.06. The Morgan fingerprint density at radius 2 is 2.07 bits per heavy atom. The Kier molecular flexibility index (Phi) is 5.27. The number of aryl methyl sites for hydroxylation is 1. The van der Waals surface area contributed by atoms with E-state index >= 15 is 0 Å². The molecule has 0 aliphatic rings. The van der Waals surface area contributed by atoms with Crippen molar-refractivity contribution in [3.63, 3.8) is 0 Å². The van der Waals surface area contributed by atoms with Crippen molar-refractivity contribution in [2.24, 2.45) is 0 Å². The number of hydrogen-bond acceptors (Lipinski definition) is 2. The van der Waals surface area contributed by atoms with Gasteiger partial charge in [0, 0.05) is 6.61 Å². The molecule has 0 spiro atoms. The predicted molar refractivity (Wildman–Crippen MR) is 59.4 cm³/mol. The van der Waals surface area contributed by atoms with Crippen molar-refractivity contribution in [3.8, 4) is 0 Å². The van der Waals surface area contributed by atoms with E-state index < -0.39 is 0 Å². The van der Waals surface area contributed by atoms with E-state index in [-0.39, 0.29) is 0 Å². The lowest BCUT2D eigenvalue weighted by molar-refractivity contribution is 0.118. The van der Waals surface area contributed by atoms with Gasteiger partial charge in [0.1, 0.15) is 0 Å². The topological polar surface area (TPSA) is 21.3 Å². The average Bonchev–Trinajstić information content (AvgIpc) is 2.20. The molecule has 78 valence electrons. The molecule has 0 amide bonds. The summed E-state index contributed by atoms with van der Waals surface area (Å²) in [6.07, 6.45) is 1.07. The van der Waals surface area contributed by atoms with Crippen molar-refractivity contribution >= 4 is 0 Å². The number of benzene rings is 1. The summed E-state index contributed by atoms with van der Waals surface area (Å²) in [7, 11) is 1.96. The first-order chi connectivity index (χ1) is 6.84. The van der Waals surface area contributed by atoms with Crippen LogP contribution in [0.5, 0.6) is 0 Å². The summed E-state index contributed by atoms with van der Waals surface area (Å²) in [5.74, 6) is 0. The van der Waals surface area contributed by atoms with E-state index in [1.54, 1.807) is 0 Å². The fourth-order valence-corrected chi connectivity index (χ4v) is 1.31. The molecule has 0 saturated heterocycles. The third-order valence-corrected chi connectivity index (χ3v) is 2.23. The van der Waals surface area contributed by atoms with Crippen LogP contribution in [0.2, 0.25) is 0 Å². The molecule has 14 heavy (non-hydrogen) atoms. The number of hydrogen-bond donors (Lipinski definition) is 1. The second-order valence-electron chi connectivity index (χ2n) is 3.44. The molecule has 0 bridgehead atoms. The summed E-state index contributed by atoms with van der Waals surface area (Å²) in [4.78, 5) is 0. The van der Waals surface area contributed by atoms with Gasteiger partial charge in [0.15, 0.2) is 0 Å². The highest BCUT2D eigenvalue weighted by atomic mass is 16.5. The Bertz CT molecular complexity index is 260. The van der Waals surface area contributed by atoms with Gasteiger partial charge in [-0.25, -0.2) is 0 Å². The van der Waals surface area contributed by atoms with Crippen molar-refractivity contribution in [3.05, 3.63) is 35.4 Å². The van der Waals surface area contributed by atoms with Crippen LogP contribution in [0.1, 0.15) is 17.5 Å². The minimum Gasteiger partial charge on any atom is -0.377 e. The Hall–Kier alpha value is -0.860. The molecule has 2 heteroatoms. The molecule has 2 nitrogen and oxygen atoms in total. The first-order valence-corrected chi connectivity index (χ1v) is 5.11. The number of ether oxygens (including phenoxy) is 1. The highest BCUT2D eigenvalue weighted by molar-refractivity contribution is 5.24. The van der Waals surface area contributed by atoms with Gasteiger partial charge in [-0.15, -0.1) is 0 Å². The van der Waals surface area contributed by atoms with E-state index in [2.05, 4.69) is 36.5 Å². The fourth-order valence-electron chi connectivity index (χ4n) is 1.31. The van der Waals surface area contributed by atoms with Crippen molar-refractivity contribution in [1.82, 2.24) is 5.32 Å². The molecule has 0 aromatic heterocycles. The normalized spacial score (nSPS) is 10.4. The number of nitrogens with one attached hydrogen (secondary N) is 1. The Labute approximate surface area is 86.3 Å². The maximum absolute atomic E-state index is 5.56. The summed E-state index contributed by atoms with van der Waals surface area (Å²) in [5, 5.41) is 3.10. The van der Waals surface area contributed by atoms with Gasteiger partial charge in [0.2, 0.25) is 0 Å². The maximum Gasteiger partial charge on any atom is 0.0719 e. The molecule has 1 N–H and O–H groups in total. The Morgan fingerprint density at radius 1 is 1.29 bits per heavy atom. The third kappa shape index (κ3) is 3.90.